The Balaban J connectivity index is 0.000000262. The Morgan fingerprint density at radius 3 is 2.10 bits per heavy atom. The van der Waals surface area contributed by atoms with Crippen LogP contribution >= 0.6 is 23.2 Å². The van der Waals surface area contributed by atoms with Gasteiger partial charge in [-0.3, -0.25) is 0 Å². The van der Waals surface area contributed by atoms with E-state index in [0.29, 0.717) is 16.6 Å². The van der Waals surface area contributed by atoms with Crippen LogP contribution in [0, 0.1) is 6.92 Å². The van der Waals surface area contributed by atoms with Crippen LogP contribution in [-0.4, -0.2) is 13.1 Å². The normalized spacial score (nSPS) is 9.90. The summed E-state index contributed by atoms with van der Waals surface area (Å²) < 4.78 is 0. The number of rotatable bonds is 5. The van der Waals surface area contributed by atoms with E-state index in [4.69, 9.17) is 28.9 Å². The van der Waals surface area contributed by atoms with E-state index in [0.717, 1.165) is 25.1 Å². The number of hydrogen-bond donors (Lipinski definition) is 2. The van der Waals surface area contributed by atoms with Crippen LogP contribution in [0.25, 0.3) is 0 Å². The molecule has 0 saturated carbocycles. The van der Waals surface area contributed by atoms with Gasteiger partial charge in [-0.2, -0.15) is 0 Å². The van der Waals surface area contributed by atoms with E-state index in [1.54, 1.807) is 6.07 Å². The number of nitrogens with two attached hydrogens (primary N) is 1. The van der Waals surface area contributed by atoms with Crippen LogP contribution in [0.3, 0.4) is 0 Å². The van der Waals surface area contributed by atoms with Gasteiger partial charge in [-0.1, -0.05) is 59.1 Å². The maximum Gasteiger partial charge on any atom is 0.0424 e. The minimum Gasteiger partial charge on any atom is -0.330 e. The summed E-state index contributed by atoms with van der Waals surface area (Å²) >= 11 is 11.7. The molecule has 0 aliphatic carbocycles. The van der Waals surface area contributed by atoms with E-state index in [1.165, 1.54) is 5.56 Å². The zero-order valence-corrected chi connectivity index (χ0v) is 13.8. The topological polar surface area (TPSA) is 38.0 Å². The molecule has 2 aromatic rings. The van der Waals surface area contributed by atoms with Crippen LogP contribution in [0.2, 0.25) is 10.0 Å². The third-order valence-electron chi connectivity index (χ3n) is 2.75. The van der Waals surface area contributed by atoms with Gasteiger partial charge in [0.1, 0.15) is 0 Å². The van der Waals surface area contributed by atoms with Crippen LogP contribution in [0.15, 0.2) is 48.5 Å². The summed E-state index contributed by atoms with van der Waals surface area (Å²) in [5.41, 5.74) is 7.79. The van der Waals surface area contributed by atoms with E-state index in [1.807, 2.05) is 30.3 Å². The highest BCUT2D eigenvalue weighted by Crippen LogP contribution is 2.18. The summed E-state index contributed by atoms with van der Waals surface area (Å²) in [6.45, 7) is 4.49. The van der Waals surface area contributed by atoms with E-state index in [-0.39, 0.29) is 0 Å². The highest BCUT2D eigenvalue weighted by atomic mass is 35.5. The van der Waals surface area contributed by atoms with E-state index >= 15 is 0 Å². The summed E-state index contributed by atoms with van der Waals surface area (Å²) in [7, 11) is 0. The molecule has 0 aliphatic heterocycles. The SMILES string of the molecule is Cc1ccccc1.NCCCNCc1cc(Cl)cc(Cl)c1. The molecule has 0 amide bonds. The first-order valence-corrected chi connectivity index (χ1v) is 7.75. The zero-order chi connectivity index (χ0) is 15.5. The van der Waals surface area contributed by atoms with Crippen molar-refractivity contribution in [2.75, 3.05) is 13.1 Å². The van der Waals surface area contributed by atoms with Gasteiger partial charge >= 0.3 is 0 Å². The number of nitrogens with one attached hydrogen (secondary N) is 1. The fourth-order valence-corrected chi connectivity index (χ4v) is 2.28. The zero-order valence-electron chi connectivity index (χ0n) is 12.3. The monoisotopic (exact) mass is 324 g/mol. The molecule has 0 radical (unpaired) electrons. The Morgan fingerprint density at radius 2 is 1.62 bits per heavy atom. The largest absolute Gasteiger partial charge is 0.330 e. The van der Waals surface area contributed by atoms with E-state index in [2.05, 4.69) is 24.4 Å². The highest BCUT2D eigenvalue weighted by Gasteiger charge is 1.97. The van der Waals surface area contributed by atoms with E-state index in [9.17, 15) is 0 Å². The minimum atomic E-state index is 0.674. The van der Waals surface area contributed by atoms with Crippen molar-refractivity contribution in [3.63, 3.8) is 0 Å². The number of halogens is 2. The molecule has 3 N–H and O–H groups in total. The second-order valence-electron chi connectivity index (χ2n) is 4.75. The van der Waals surface area contributed by atoms with Gasteiger partial charge in [0.05, 0.1) is 0 Å². The highest BCUT2D eigenvalue weighted by molar-refractivity contribution is 6.34. The molecule has 0 spiro atoms. The molecule has 114 valence electrons. The van der Waals surface area contributed by atoms with Gasteiger partial charge in [0, 0.05) is 16.6 Å². The van der Waals surface area contributed by atoms with Crippen molar-refractivity contribution < 1.29 is 0 Å². The molecule has 0 unspecified atom stereocenters. The number of aryl methyl sites for hydroxylation is 1. The van der Waals surface area contributed by atoms with Crippen molar-refractivity contribution in [2.45, 2.75) is 19.9 Å². The summed E-state index contributed by atoms with van der Waals surface area (Å²) in [6.07, 6.45) is 0.980. The lowest BCUT2D eigenvalue weighted by Gasteiger charge is -2.05. The van der Waals surface area contributed by atoms with Crippen LogP contribution in [-0.2, 0) is 6.54 Å². The summed E-state index contributed by atoms with van der Waals surface area (Å²) in [5.74, 6) is 0. The van der Waals surface area contributed by atoms with Gasteiger partial charge in [-0.25, -0.2) is 0 Å². The summed E-state index contributed by atoms with van der Waals surface area (Å²) in [6, 6.07) is 15.8. The molecular weight excluding hydrogens is 303 g/mol. The van der Waals surface area contributed by atoms with Crippen molar-refractivity contribution >= 4 is 23.2 Å². The van der Waals surface area contributed by atoms with Crippen LogP contribution < -0.4 is 11.1 Å². The van der Waals surface area contributed by atoms with Gasteiger partial charge in [0.25, 0.3) is 0 Å². The molecule has 0 aliphatic rings. The molecule has 0 aromatic heterocycles. The Bertz CT molecular complexity index is 495. The Morgan fingerprint density at radius 1 is 1.00 bits per heavy atom. The standard InChI is InChI=1S/C10H14Cl2N2.C7H8/c11-9-4-8(5-10(12)6-9)7-14-3-1-2-13;1-7-5-3-2-4-6-7/h4-6,14H,1-3,7,13H2;2-6H,1H3. The van der Waals surface area contributed by atoms with Gasteiger partial charge in [-0.15, -0.1) is 0 Å². The number of benzene rings is 2. The third-order valence-corrected chi connectivity index (χ3v) is 3.19. The van der Waals surface area contributed by atoms with Crippen molar-refractivity contribution in [1.29, 1.82) is 0 Å². The quantitative estimate of drug-likeness (QED) is 0.798. The van der Waals surface area contributed by atoms with E-state index < -0.39 is 0 Å². The molecule has 2 rings (SSSR count). The average Bonchev–Trinajstić information content (AvgIpc) is 2.44. The fourth-order valence-electron chi connectivity index (χ4n) is 1.71. The second-order valence-corrected chi connectivity index (χ2v) is 5.62. The predicted molar refractivity (Wildman–Crippen MR) is 93.0 cm³/mol. The first kappa shape index (κ1) is 18.0. The lowest BCUT2D eigenvalue weighted by atomic mass is 10.2. The van der Waals surface area contributed by atoms with Crippen molar-refractivity contribution in [2.24, 2.45) is 5.73 Å². The van der Waals surface area contributed by atoms with Gasteiger partial charge in [0.15, 0.2) is 0 Å². The molecule has 0 atom stereocenters. The first-order valence-electron chi connectivity index (χ1n) is 6.99. The molecule has 2 aromatic carbocycles. The van der Waals surface area contributed by atoms with Crippen molar-refractivity contribution in [3.8, 4) is 0 Å². The molecule has 21 heavy (non-hydrogen) atoms. The van der Waals surface area contributed by atoms with Gasteiger partial charge in [-0.05, 0) is 50.2 Å². The maximum absolute atomic E-state index is 5.86. The van der Waals surface area contributed by atoms with Crippen LogP contribution in [0.4, 0.5) is 0 Å². The Hall–Kier alpha value is -1.06. The van der Waals surface area contributed by atoms with Crippen molar-refractivity contribution in [3.05, 3.63) is 69.7 Å². The first-order chi connectivity index (χ1) is 10.1. The van der Waals surface area contributed by atoms with Crippen LogP contribution in [0.1, 0.15) is 17.5 Å². The van der Waals surface area contributed by atoms with Gasteiger partial charge in [0.2, 0.25) is 0 Å². The smallest absolute Gasteiger partial charge is 0.0424 e. The Kier molecular flexibility index (Phi) is 9.11. The summed E-state index contributed by atoms with van der Waals surface area (Å²) in [4.78, 5) is 0. The van der Waals surface area contributed by atoms with Crippen molar-refractivity contribution in [1.82, 2.24) is 5.32 Å². The minimum absolute atomic E-state index is 0.674. The third kappa shape index (κ3) is 8.74. The molecule has 4 heteroatoms. The lowest BCUT2D eigenvalue weighted by Crippen LogP contribution is -2.17. The molecule has 0 bridgehead atoms. The van der Waals surface area contributed by atoms with Crippen LogP contribution in [0.5, 0.6) is 0 Å². The fraction of sp³-hybridized carbons (Fsp3) is 0.294. The predicted octanol–water partition coefficient (Wildman–Crippen LogP) is 4.43. The second kappa shape index (κ2) is 10.6. The maximum atomic E-state index is 5.86. The molecule has 0 saturated heterocycles. The number of hydrogen-bond acceptors (Lipinski definition) is 2. The van der Waals surface area contributed by atoms with Gasteiger partial charge < -0.3 is 11.1 Å². The Labute approximate surface area is 137 Å². The summed E-state index contributed by atoms with van der Waals surface area (Å²) in [5, 5.41) is 4.61. The molecule has 0 fully saturated rings. The molecule has 2 nitrogen and oxygen atoms in total. The molecule has 0 heterocycles. The lowest BCUT2D eigenvalue weighted by molar-refractivity contribution is 0.655. The average molecular weight is 325 g/mol. The molecular formula is C17H22Cl2N2.